The number of morpholine rings is 1. The van der Waals surface area contributed by atoms with Crippen molar-refractivity contribution in [2.45, 2.75) is 58.6 Å². The molecule has 21 heavy (non-hydrogen) atoms. The van der Waals surface area contributed by atoms with E-state index in [1.807, 2.05) is 20.8 Å². The summed E-state index contributed by atoms with van der Waals surface area (Å²) < 4.78 is 10.9. The molecule has 1 rings (SSSR count). The minimum absolute atomic E-state index is 0.139. The maximum Gasteiger partial charge on any atom is 0.326 e. The van der Waals surface area contributed by atoms with Crippen molar-refractivity contribution in [1.82, 2.24) is 10.2 Å². The highest BCUT2D eigenvalue weighted by atomic mass is 16.5. The third-order valence-corrected chi connectivity index (χ3v) is 4.12. The molecule has 1 saturated heterocycles. The topological polar surface area (TPSA) is 50.8 Å². The van der Waals surface area contributed by atoms with Crippen molar-refractivity contribution in [3.63, 3.8) is 0 Å². The zero-order valence-corrected chi connectivity index (χ0v) is 14.1. The molecule has 1 aliphatic rings. The molecule has 1 aliphatic heterocycles. The van der Waals surface area contributed by atoms with Gasteiger partial charge in [0.05, 0.1) is 19.3 Å². The van der Waals surface area contributed by atoms with Crippen LogP contribution in [-0.4, -0.2) is 61.9 Å². The molecule has 0 aliphatic carbocycles. The minimum atomic E-state index is -0.568. The lowest BCUT2D eigenvalue weighted by atomic mass is 9.95. The van der Waals surface area contributed by atoms with E-state index in [0.717, 1.165) is 52.0 Å². The van der Waals surface area contributed by atoms with Crippen molar-refractivity contribution in [3.05, 3.63) is 0 Å². The van der Waals surface area contributed by atoms with Gasteiger partial charge in [0, 0.05) is 13.1 Å². The van der Waals surface area contributed by atoms with E-state index in [4.69, 9.17) is 9.47 Å². The van der Waals surface area contributed by atoms with Crippen LogP contribution in [0, 0.1) is 0 Å². The third kappa shape index (κ3) is 5.93. The van der Waals surface area contributed by atoms with E-state index in [1.54, 1.807) is 0 Å². The van der Waals surface area contributed by atoms with Crippen molar-refractivity contribution in [2.24, 2.45) is 0 Å². The number of hydrogen-bond donors (Lipinski definition) is 1. The first-order valence-electron chi connectivity index (χ1n) is 8.31. The molecule has 1 fully saturated rings. The lowest BCUT2D eigenvalue weighted by Crippen LogP contribution is -2.51. The summed E-state index contributed by atoms with van der Waals surface area (Å²) in [5, 5.41) is 3.28. The molecular formula is C16H32N2O3. The van der Waals surface area contributed by atoms with E-state index in [-0.39, 0.29) is 5.97 Å². The smallest absolute Gasteiger partial charge is 0.326 e. The van der Waals surface area contributed by atoms with Crippen LogP contribution in [0.3, 0.4) is 0 Å². The van der Waals surface area contributed by atoms with Gasteiger partial charge in [0.1, 0.15) is 5.54 Å². The predicted molar refractivity (Wildman–Crippen MR) is 84.4 cm³/mol. The molecule has 5 nitrogen and oxygen atoms in total. The minimum Gasteiger partial charge on any atom is -0.465 e. The van der Waals surface area contributed by atoms with Crippen molar-refractivity contribution >= 4 is 5.97 Å². The number of esters is 1. The summed E-state index contributed by atoms with van der Waals surface area (Å²) in [5.41, 5.74) is -0.568. The summed E-state index contributed by atoms with van der Waals surface area (Å²) in [4.78, 5) is 14.6. The van der Waals surface area contributed by atoms with E-state index in [0.29, 0.717) is 12.7 Å². The summed E-state index contributed by atoms with van der Waals surface area (Å²) >= 11 is 0. The lowest BCUT2D eigenvalue weighted by molar-refractivity contribution is -0.150. The number of nitrogens with one attached hydrogen (secondary N) is 1. The second-order valence-corrected chi connectivity index (χ2v) is 5.89. The van der Waals surface area contributed by atoms with Gasteiger partial charge in [-0.25, -0.2) is 0 Å². The Morgan fingerprint density at radius 1 is 1.43 bits per heavy atom. The van der Waals surface area contributed by atoms with Crippen LogP contribution in [0.1, 0.15) is 47.0 Å². The van der Waals surface area contributed by atoms with Crippen molar-refractivity contribution in [3.8, 4) is 0 Å². The Morgan fingerprint density at radius 2 is 2.19 bits per heavy atom. The molecule has 0 aromatic rings. The fraction of sp³-hybridized carbons (Fsp3) is 0.938. The van der Waals surface area contributed by atoms with E-state index in [9.17, 15) is 4.79 Å². The van der Waals surface area contributed by atoms with Crippen LogP contribution >= 0.6 is 0 Å². The molecule has 0 bridgehead atoms. The second-order valence-electron chi connectivity index (χ2n) is 5.89. The van der Waals surface area contributed by atoms with Gasteiger partial charge in [-0.15, -0.1) is 0 Å². The molecule has 1 heterocycles. The summed E-state index contributed by atoms with van der Waals surface area (Å²) in [6.07, 6.45) is 3.21. The lowest BCUT2D eigenvalue weighted by Gasteiger charge is -2.34. The molecule has 1 N–H and O–H groups in total. The Morgan fingerprint density at radius 3 is 2.81 bits per heavy atom. The molecule has 0 saturated carbocycles. The first-order valence-corrected chi connectivity index (χ1v) is 8.31. The Hall–Kier alpha value is -0.650. The zero-order valence-electron chi connectivity index (χ0n) is 14.1. The normalized spacial score (nSPS) is 22.8. The highest BCUT2D eigenvalue weighted by molar-refractivity contribution is 5.80. The number of ether oxygens (including phenoxy) is 2. The van der Waals surface area contributed by atoms with Gasteiger partial charge in [-0.3, -0.25) is 9.69 Å². The molecule has 5 heteroatoms. The van der Waals surface area contributed by atoms with Gasteiger partial charge in [0.2, 0.25) is 0 Å². The number of carbonyl (C=O) groups is 1. The van der Waals surface area contributed by atoms with Gasteiger partial charge >= 0.3 is 5.97 Å². The van der Waals surface area contributed by atoms with Crippen LogP contribution in [0.25, 0.3) is 0 Å². The largest absolute Gasteiger partial charge is 0.465 e. The molecule has 0 aromatic heterocycles. The van der Waals surface area contributed by atoms with Gasteiger partial charge in [0.25, 0.3) is 0 Å². The van der Waals surface area contributed by atoms with Crippen LogP contribution in [0.5, 0.6) is 0 Å². The molecule has 2 atom stereocenters. The van der Waals surface area contributed by atoms with Gasteiger partial charge in [-0.2, -0.15) is 0 Å². The summed E-state index contributed by atoms with van der Waals surface area (Å²) in [6, 6.07) is 0. The van der Waals surface area contributed by atoms with Gasteiger partial charge < -0.3 is 14.8 Å². The Balaban J connectivity index is 2.40. The average Bonchev–Trinajstić information content (AvgIpc) is 2.48. The van der Waals surface area contributed by atoms with Crippen LogP contribution < -0.4 is 5.32 Å². The maximum atomic E-state index is 12.1. The number of likely N-dealkylation sites (N-methyl/N-ethyl adjacent to an activating group) is 1. The summed E-state index contributed by atoms with van der Waals surface area (Å²) in [7, 11) is 0. The molecule has 0 amide bonds. The molecule has 2 unspecified atom stereocenters. The second kappa shape index (κ2) is 9.38. The molecular weight excluding hydrogens is 268 g/mol. The first kappa shape index (κ1) is 18.4. The highest BCUT2D eigenvalue weighted by Crippen LogP contribution is 2.16. The van der Waals surface area contributed by atoms with Crippen LogP contribution in [-0.2, 0) is 14.3 Å². The Bertz CT molecular complexity index is 312. The van der Waals surface area contributed by atoms with E-state index < -0.39 is 5.54 Å². The third-order valence-electron chi connectivity index (χ3n) is 4.12. The highest BCUT2D eigenvalue weighted by Gasteiger charge is 2.33. The maximum absolute atomic E-state index is 12.1. The molecule has 0 radical (unpaired) electrons. The van der Waals surface area contributed by atoms with Crippen LogP contribution in [0.15, 0.2) is 0 Å². The van der Waals surface area contributed by atoms with Gasteiger partial charge in [-0.05, 0) is 46.2 Å². The number of rotatable bonds is 9. The van der Waals surface area contributed by atoms with Gasteiger partial charge in [-0.1, -0.05) is 13.8 Å². The van der Waals surface area contributed by atoms with Crippen molar-refractivity contribution in [2.75, 3.05) is 39.4 Å². The fourth-order valence-electron chi connectivity index (χ4n) is 2.83. The van der Waals surface area contributed by atoms with E-state index in [1.165, 1.54) is 0 Å². The Labute approximate surface area is 129 Å². The van der Waals surface area contributed by atoms with Crippen LogP contribution in [0.4, 0.5) is 0 Å². The first-order chi connectivity index (χ1) is 10.1. The quantitative estimate of drug-likeness (QED) is 0.658. The summed E-state index contributed by atoms with van der Waals surface area (Å²) in [6.45, 7) is 13.0. The van der Waals surface area contributed by atoms with Crippen molar-refractivity contribution in [1.29, 1.82) is 0 Å². The Kier molecular flexibility index (Phi) is 8.22. The average molecular weight is 300 g/mol. The standard InChI is InChI=1S/C16H32N2O3/c1-5-14-13-18(11-12-21-14)10-8-9-16(4,17-6-2)15(19)20-7-3/h14,17H,5-13H2,1-4H3. The van der Waals surface area contributed by atoms with Crippen LogP contribution in [0.2, 0.25) is 0 Å². The summed E-state index contributed by atoms with van der Waals surface area (Å²) in [5.74, 6) is -0.139. The number of nitrogens with zero attached hydrogens (tertiary/aromatic N) is 1. The fourth-order valence-corrected chi connectivity index (χ4v) is 2.83. The van der Waals surface area contributed by atoms with E-state index >= 15 is 0 Å². The molecule has 0 spiro atoms. The number of carbonyl (C=O) groups excluding carboxylic acids is 1. The van der Waals surface area contributed by atoms with E-state index in [2.05, 4.69) is 17.1 Å². The molecule has 0 aromatic carbocycles. The van der Waals surface area contributed by atoms with Gasteiger partial charge in [0.15, 0.2) is 0 Å². The number of hydrogen-bond acceptors (Lipinski definition) is 5. The molecule has 124 valence electrons. The van der Waals surface area contributed by atoms with Crippen molar-refractivity contribution < 1.29 is 14.3 Å². The zero-order chi connectivity index (χ0) is 15.7. The SMILES string of the molecule is CCNC(C)(CCCN1CCOC(CC)C1)C(=O)OCC. The monoisotopic (exact) mass is 300 g/mol. The predicted octanol–water partition coefficient (Wildman–Crippen LogP) is 1.81.